The molecule has 0 saturated heterocycles. The average molecular weight is 450 g/mol. The number of hydrogen-bond donors (Lipinski definition) is 1. The predicted octanol–water partition coefficient (Wildman–Crippen LogP) is 1.87. The number of carbonyl (C=O) groups excluding carboxylic acids is 1. The molecule has 3 rings (SSSR count). The van der Waals surface area contributed by atoms with Crippen LogP contribution in [0, 0.1) is 0 Å². The van der Waals surface area contributed by atoms with Crippen molar-refractivity contribution in [3.8, 4) is 0 Å². The summed E-state index contributed by atoms with van der Waals surface area (Å²) >= 11 is 0. The Morgan fingerprint density at radius 2 is 1.60 bits per heavy atom. The summed E-state index contributed by atoms with van der Waals surface area (Å²) in [5.41, 5.74) is 0.748. The molecule has 158 valence electrons. The van der Waals surface area contributed by atoms with Gasteiger partial charge in [0.05, 0.1) is 22.0 Å². The molecule has 0 aliphatic rings. The molecule has 30 heavy (non-hydrogen) atoms. The zero-order valence-electron chi connectivity index (χ0n) is 16.0. The Labute approximate surface area is 174 Å². The molecule has 9 nitrogen and oxygen atoms in total. The molecule has 0 saturated carbocycles. The van der Waals surface area contributed by atoms with Gasteiger partial charge in [-0.05, 0) is 29.8 Å². The number of rotatable bonds is 8. The maximum atomic E-state index is 12.2. The zero-order valence-corrected chi connectivity index (χ0v) is 17.6. The first-order chi connectivity index (χ1) is 14.1. The average Bonchev–Trinajstić information content (AvgIpc) is 3.13. The smallest absolute Gasteiger partial charge is 0.322 e. The molecule has 1 heterocycles. The van der Waals surface area contributed by atoms with Gasteiger partial charge < -0.3 is 4.42 Å². The van der Waals surface area contributed by atoms with Crippen LogP contribution in [-0.2, 0) is 30.9 Å². The predicted molar refractivity (Wildman–Crippen MR) is 108 cm³/mol. The van der Waals surface area contributed by atoms with Gasteiger partial charge in [0.25, 0.3) is 0 Å². The molecule has 0 atom stereocenters. The third-order valence-corrected chi connectivity index (χ3v) is 6.98. The van der Waals surface area contributed by atoms with Crippen LogP contribution in [0.25, 0.3) is 0 Å². The number of carbonyl (C=O) groups is 1. The van der Waals surface area contributed by atoms with Crippen LogP contribution in [0.5, 0.6) is 0 Å². The number of hydrogen-bond acceptors (Lipinski definition) is 8. The van der Waals surface area contributed by atoms with E-state index in [1.807, 2.05) is 0 Å². The van der Waals surface area contributed by atoms with Crippen LogP contribution in [-0.4, -0.2) is 44.9 Å². The highest BCUT2D eigenvalue weighted by molar-refractivity contribution is 7.91. The molecule has 0 bridgehead atoms. The van der Waals surface area contributed by atoms with Gasteiger partial charge in [-0.25, -0.2) is 16.8 Å². The lowest BCUT2D eigenvalue weighted by Gasteiger charge is -2.04. The largest absolute Gasteiger partial charge is 0.407 e. The summed E-state index contributed by atoms with van der Waals surface area (Å²) in [6.45, 7) is 0. The van der Waals surface area contributed by atoms with Gasteiger partial charge in [0.15, 0.2) is 19.7 Å². The second-order valence-corrected chi connectivity index (χ2v) is 10.6. The van der Waals surface area contributed by atoms with Crippen molar-refractivity contribution < 1.29 is 26.0 Å². The molecule has 0 fully saturated rings. The molecule has 0 aliphatic carbocycles. The van der Waals surface area contributed by atoms with E-state index in [-0.39, 0.29) is 40.3 Å². The van der Waals surface area contributed by atoms with E-state index >= 15 is 0 Å². The molecule has 2 aromatic carbocycles. The molecular formula is C19H19N3O6S2. The quantitative estimate of drug-likeness (QED) is 0.550. The number of anilines is 1. The van der Waals surface area contributed by atoms with E-state index in [4.69, 9.17) is 4.42 Å². The van der Waals surface area contributed by atoms with Crippen molar-refractivity contribution in [2.75, 3.05) is 17.3 Å². The van der Waals surface area contributed by atoms with Gasteiger partial charge in [0, 0.05) is 12.7 Å². The molecule has 1 aromatic heterocycles. The number of aromatic nitrogens is 2. The minimum atomic E-state index is -3.57. The highest BCUT2D eigenvalue weighted by Crippen LogP contribution is 2.15. The van der Waals surface area contributed by atoms with Crippen molar-refractivity contribution in [2.45, 2.75) is 22.6 Å². The first-order valence-electron chi connectivity index (χ1n) is 8.82. The van der Waals surface area contributed by atoms with Crippen molar-refractivity contribution >= 4 is 31.6 Å². The first kappa shape index (κ1) is 21.7. The van der Waals surface area contributed by atoms with Gasteiger partial charge in [-0.2, -0.15) is 0 Å². The summed E-state index contributed by atoms with van der Waals surface area (Å²) in [7, 11) is -6.84. The summed E-state index contributed by atoms with van der Waals surface area (Å²) < 4.78 is 52.7. The third-order valence-electron chi connectivity index (χ3n) is 4.12. The van der Waals surface area contributed by atoms with E-state index in [9.17, 15) is 21.6 Å². The number of nitrogens with zero attached hydrogens (tertiary/aromatic N) is 2. The van der Waals surface area contributed by atoms with Gasteiger partial charge in [-0.3, -0.25) is 10.1 Å². The molecule has 0 spiro atoms. The minimum absolute atomic E-state index is 0.139. The Bertz CT molecular complexity index is 1230. The monoisotopic (exact) mass is 449 g/mol. The molecule has 1 N–H and O–H groups in total. The maximum absolute atomic E-state index is 12.2. The number of nitrogens with one attached hydrogen (secondary N) is 1. The first-order valence-corrected chi connectivity index (χ1v) is 12.4. The molecular weight excluding hydrogens is 430 g/mol. The molecule has 0 aliphatic heterocycles. The van der Waals surface area contributed by atoms with Gasteiger partial charge >= 0.3 is 6.01 Å². The lowest BCUT2D eigenvalue weighted by Crippen LogP contribution is -2.17. The van der Waals surface area contributed by atoms with Crippen LogP contribution in [0.2, 0.25) is 0 Å². The van der Waals surface area contributed by atoms with E-state index in [0.29, 0.717) is 0 Å². The van der Waals surface area contributed by atoms with Crippen molar-refractivity contribution in [3.05, 3.63) is 66.1 Å². The summed E-state index contributed by atoms with van der Waals surface area (Å²) in [4.78, 5) is 12.4. The van der Waals surface area contributed by atoms with E-state index in [2.05, 4.69) is 15.5 Å². The number of benzene rings is 2. The zero-order chi connectivity index (χ0) is 21.8. The van der Waals surface area contributed by atoms with Crippen LogP contribution >= 0.6 is 0 Å². The lowest BCUT2D eigenvalue weighted by atomic mass is 10.1. The van der Waals surface area contributed by atoms with Crippen LogP contribution < -0.4 is 5.32 Å². The normalized spacial score (nSPS) is 11.9. The second kappa shape index (κ2) is 8.76. The van der Waals surface area contributed by atoms with Crippen molar-refractivity contribution in [2.24, 2.45) is 0 Å². The van der Waals surface area contributed by atoms with Crippen molar-refractivity contribution in [3.63, 3.8) is 0 Å². The van der Waals surface area contributed by atoms with Crippen LogP contribution in [0.1, 0.15) is 17.9 Å². The standard InChI is InChI=1S/C19H19N3O6S2/c1-29(24,25)15-9-7-14(8-10-15)13-18-21-22-19(28-18)20-17(23)11-12-30(26,27)16-5-3-2-4-6-16/h2-10H,11-13H2,1H3,(H,20,22,23). The van der Waals surface area contributed by atoms with E-state index in [0.717, 1.165) is 11.8 Å². The SMILES string of the molecule is CS(=O)(=O)c1ccc(Cc2nnc(NC(=O)CCS(=O)(=O)c3ccccc3)o2)cc1. The summed E-state index contributed by atoms with van der Waals surface area (Å²) in [6.07, 6.45) is 1.11. The Morgan fingerprint density at radius 1 is 0.933 bits per heavy atom. The Morgan fingerprint density at radius 3 is 2.23 bits per heavy atom. The van der Waals surface area contributed by atoms with Crippen LogP contribution in [0.4, 0.5) is 6.01 Å². The molecule has 1 amide bonds. The Hall–Kier alpha value is -3.05. The van der Waals surface area contributed by atoms with Crippen LogP contribution in [0.3, 0.4) is 0 Å². The van der Waals surface area contributed by atoms with Crippen molar-refractivity contribution in [1.29, 1.82) is 0 Å². The maximum Gasteiger partial charge on any atom is 0.322 e. The number of amides is 1. The minimum Gasteiger partial charge on any atom is -0.407 e. The van der Waals surface area contributed by atoms with Crippen molar-refractivity contribution in [1.82, 2.24) is 10.2 Å². The Kier molecular flexibility index (Phi) is 6.32. The summed E-state index contributed by atoms with van der Waals surface area (Å²) in [5.74, 6) is -0.701. The van der Waals surface area contributed by atoms with E-state index < -0.39 is 25.6 Å². The molecule has 11 heteroatoms. The fourth-order valence-corrected chi connectivity index (χ4v) is 4.45. The van der Waals surface area contributed by atoms with Crippen LogP contribution in [0.15, 0.2) is 68.8 Å². The van der Waals surface area contributed by atoms with Gasteiger partial charge in [0.1, 0.15) is 0 Å². The molecule has 0 unspecified atom stereocenters. The van der Waals surface area contributed by atoms with Gasteiger partial charge in [-0.1, -0.05) is 35.4 Å². The van der Waals surface area contributed by atoms with Gasteiger partial charge in [-0.15, -0.1) is 5.10 Å². The summed E-state index contributed by atoms with van der Waals surface area (Å²) in [6, 6.07) is 14.0. The third kappa shape index (κ3) is 5.74. The summed E-state index contributed by atoms with van der Waals surface area (Å²) in [5, 5.41) is 9.92. The molecule has 3 aromatic rings. The van der Waals surface area contributed by atoms with E-state index in [1.54, 1.807) is 30.3 Å². The fraction of sp³-hybridized carbons (Fsp3) is 0.211. The highest BCUT2D eigenvalue weighted by Gasteiger charge is 2.17. The second-order valence-electron chi connectivity index (χ2n) is 6.52. The fourth-order valence-electron chi connectivity index (χ4n) is 2.56. The number of sulfone groups is 2. The molecule has 0 radical (unpaired) electrons. The lowest BCUT2D eigenvalue weighted by molar-refractivity contribution is -0.116. The topological polar surface area (TPSA) is 136 Å². The van der Waals surface area contributed by atoms with E-state index in [1.165, 1.54) is 24.3 Å². The van der Waals surface area contributed by atoms with Gasteiger partial charge in [0.2, 0.25) is 11.8 Å². The highest BCUT2D eigenvalue weighted by atomic mass is 32.2. The Balaban J connectivity index is 1.55.